The topological polar surface area (TPSA) is 46.6 Å². The van der Waals surface area contributed by atoms with Crippen LogP contribution in [-0.4, -0.2) is 43.4 Å². The Kier molecular flexibility index (Phi) is 8.70. The molecule has 0 aromatic carbocycles. The van der Waals surface area contributed by atoms with Gasteiger partial charge in [0.2, 0.25) is 5.91 Å². The van der Waals surface area contributed by atoms with E-state index in [1.165, 1.54) is 0 Å². The summed E-state index contributed by atoms with van der Waals surface area (Å²) >= 11 is 0. The highest BCUT2D eigenvalue weighted by Crippen LogP contribution is 2.24. The molecule has 118 valence electrons. The van der Waals surface area contributed by atoms with E-state index in [4.69, 9.17) is 4.74 Å². The van der Waals surface area contributed by atoms with Crippen molar-refractivity contribution in [1.29, 1.82) is 0 Å². The van der Waals surface area contributed by atoms with Gasteiger partial charge in [-0.3, -0.25) is 4.79 Å². The van der Waals surface area contributed by atoms with E-state index in [0.29, 0.717) is 12.3 Å². The third-order valence-electron chi connectivity index (χ3n) is 4.42. The molecule has 1 unspecified atom stereocenters. The Bertz CT molecular complexity index is 304. The van der Waals surface area contributed by atoms with Crippen molar-refractivity contribution in [2.75, 3.05) is 14.2 Å². The van der Waals surface area contributed by atoms with Gasteiger partial charge >= 0.3 is 0 Å². The lowest BCUT2D eigenvalue weighted by atomic mass is 9.89. The lowest BCUT2D eigenvalue weighted by Gasteiger charge is -2.38. The monoisotopic (exact) mass is 285 g/mol. The summed E-state index contributed by atoms with van der Waals surface area (Å²) < 4.78 is 5.46. The minimum Gasteiger partial charge on any atom is -0.379 e. The molecule has 0 aliphatic carbocycles. The summed E-state index contributed by atoms with van der Waals surface area (Å²) in [6.45, 7) is 10.3. The van der Waals surface area contributed by atoms with E-state index in [1.54, 1.807) is 12.0 Å². The number of hydrogen-bond acceptors (Lipinski definition) is 3. The van der Waals surface area contributed by atoms with Gasteiger partial charge in [-0.1, -0.05) is 41.0 Å². The maximum absolute atomic E-state index is 12.6. The number of aldehydes is 1. The molecule has 0 radical (unpaired) electrons. The first-order valence-electron chi connectivity index (χ1n) is 7.54. The number of nitrogens with zero attached hydrogens (tertiary/aromatic N) is 1. The van der Waals surface area contributed by atoms with Gasteiger partial charge in [-0.15, -0.1) is 0 Å². The first-order chi connectivity index (χ1) is 9.31. The summed E-state index contributed by atoms with van der Waals surface area (Å²) in [6.07, 6.45) is 1.89. The first kappa shape index (κ1) is 19.1. The number of amides is 1. The van der Waals surface area contributed by atoms with Crippen LogP contribution in [0.5, 0.6) is 0 Å². The van der Waals surface area contributed by atoms with Gasteiger partial charge in [-0.05, 0) is 11.8 Å². The van der Waals surface area contributed by atoms with E-state index >= 15 is 0 Å². The van der Waals surface area contributed by atoms with Crippen molar-refractivity contribution in [3.05, 3.63) is 0 Å². The Morgan fingerprint density at radius 1 is 1.25 bits per heavy atom. The highest BCUT2D eigenvalue weighted by Gasteiger charge is 2.34. The third kappa shape index (κ3) is 4.89. The molecule has 0 heterocycles. The average molecular weight is 285 g/mol. The molecule has 0 aliphatic rings. The summed E-state index contributed by atoms with van der Waals surface area (Å²) in [5, 5.41) is 0. The standard InChI is InChI=1S/C16H31NO3/c1-8-12(4)15(14(20-7)9-10-18)17(6)16(19)13(5)11(2)3/h10-15H,8-9H2,1-7H3/t12-,13-,14?,15-/m0/s1. The van der Waals surface area contributed by atoms with E-state index in [1.807, 2.05) is 27.8 Å². The number of methoxy groups -OCH3 is 1. The van der Waals surface area contributed by atoms with Gasteiger partial charge in [0.25, 0.3) is 0 Å². The molecule has 20 heavy (non-hydrogen) atoms. The summed E-state index contributed by atoms with van der Waals surface area (Å²) in [5.41, 5.74) is 0. The van der Waals surface area contributed by atoms with Crippen LogP contribution in [0.2, 0.25) is 0 Å². The van der Waals surface area contributed by atoms with Crippen LogP contribution in [0.15, 0.2) is 0 Å². The van der Waals surface area contributed by atoms with Crippen molar-refractivity contribution in [2.24, 2.45) is 17.8 Å². The Balaban J connectivity index is 5.20. The highest BCUT2D eigenvalue weighted by molar-refractivity contribution is 5.79. The molecule has 0 N–H and O–H groups in total. The molecule has 0 aliphatic heterocycles. The SMILES string of the molecule is CC[C@H](C)[C@@H](C(CC=O)OC)N(C)C(=O)[C@@H](C)C(C)C. The van der Waals surface area contributed by atoms with E-state index in [9.17, 15) is 9.59 Å². The molecule has 0 fully saturated rings. The van der Waals surface area contributed by atoms with Gasteiger partial charge in [0.05, 0.1) is 12.1 Å². The van der Waals surface area contributed by atoms with E-state index < -0.39 is 0 Å². The smallest absolute Gasteiger partial charge is 0.225 e. The van der Waals surface area contributed by atoms with Crippen LogP contribution in [0.4, 0.5) is 0 Å². The molecule has 0 spiro atoms. The average Bonchev–Trinajstić information content (AvgIpc) is 2.44. The van der Waals surface area contributed by atoms with Crippen LogP contribution in [0, 0.1) is 17.8 Å². The third-order valence-corrected chi connectivity index (χ3v) is 4.42. The maximum Gasteiger partial charge on any atom is 0.225 e. The van der Waals surface area contributed by atoms with Gasteiger partial charge in [-0.25, -0.2) is 0 Å². The van der Waals surface area contributed by atoms with Crippen LogP contribution in [0.1, 0.15) is 47.5 Å². The second kappa shape index (κ2) is 9.11. The zero-order valence-corrected chi connectivity index (χ0v) is 14.1. The molecule has 4 heteroatoms. The van der Waals surface area contributed by atoms with Gasteiger partial charge < -0.3 is 14.4 Å². The molecule has 1 amide bonds. The molecule has 0 bridgehead atoms. The molecule has 0 aromatic rings. The Morgan fingerprint density at radius 2 is 1.80 bits per heavy atom. The lowest BCUT2D eigenvalue weighted by molar-refractivity contribution is -0.142. The van der Waals surface area contributed by atoms with Crippen molar-refractivity contribution in [1.82, 2.24) is 4.90 Å². The second-order valence-electron chi connectivity index (χ2n) is 6.03. The van der Waals surface area contributed by atoms with Gasteiger partial charge in [0.15, 0.2) is 0 Å². The maximum atomic E-state index is 12.6. The largest absolute Gasteiger partial charge is 0.379 e. The fraction of sp³-hybridized carbons (Fsp3) is 0.875. The van der Waals surface area contributed by atoms with Crippen molar-refractivity contribution >= 4 is 12.2 Å². The molecule has 4 nitrogen and oxygen atoms in total. The Labute approximate surface area is 123 Å². The van der Waals surface area contributed by atoms with Crippen LogP contribution in [0.3, 0.4) is 0 Å². The van der Waals surface area contributed by atoms with Gasteiger partial charge in [0, 0.05) is 26.5 Å². The molecule has 0 saturated carbocycles. The summed E-state index contributed by atoms with van der Waals surface area (Å²) in [4.78, 5) is 25.2. The van der Waals surface area contributed by atoms with E-state index in [-0.39, 0.29) is 29.9 Å². The summed E-state index contributed by atoms with van der Waals surface area (Å²) in [7, 11) is 3.43. The van der Waals surface area contributed by atoms with Gasteiger partial charge in [0.1, 0.15) is 6.29 Å². The van der Waals surface area contributed by atoms with Crippen LogP contribution >= 0.6 is 0 Å². The fourth-order valence-corrected chi connectivity index (χ4v) is 2.46. The van der Waals surface area contributed by atoms with Crippen LogP contribution in [-0.2, 0) is 14.3 Å². The number of ether oxygens (including phenoxy) is 1. The molecule has 0 rings (SSSR count). The minimum absolute atomic E-state index is 0.0275. The van der Waals surface area contributed by atoms with Crippen LogP contribution in [0.25, 0.3) is 0 Å². The quantitative estimate of drug-likeness (QED) is 0.612. The van der Waals surface area contributed by atoms with E-state index in [0.717, 1.165) is 12.7 Å². The Hall–Kier alpha value is -0.900. The number of carbonyl (C=O) groups is 2. The van der Waals surface area contributed by atoms with Crippen LogP contribution < -0.4 is 0 Å². The van der Waals surface area contributed by atoms with Gasteiger partial charge in [-0.2, -0.15) is 0 Å². The predicted octanol–water partition coefficient (Wildman–Crippen LogP) is 2.76. The molecule has 0 aromatic heterocycles. The van der Waals surface area contributed by atoms with Crippen molar-refractivity contribution in [3.8, 4) is 0 Å². The molecular weight excluding hydrogens is 254 g/mol. The summed E-state index contributed by atoms with van der Waals surface area (Å²) in [5.74, 6) is 0.682. The molecule has 4 atom stereocenters. The fourth-order valence-electron chi connectivity index (χ4n) is 2.46. The number of hydrogen-bond donors (Lipinski definition) is 0. The highest BCUT2D eigenvalue weighted by atomic mass is 16.5. The van der Waals surface area contributed by atoms with Crippen molar-refractivity contribution < 1.29 is 14.3 Å². The zero-order valence-electron chi connectivity index (χ0n) is 14.1. The second-order valence-corrected chi connectivity index (χ2v) is 6.03. The minimum atomic E-state index is -0.240. The van der Waals surface area contributed by atoms with Crippen molar-refractivity contribution in [3.63, 3.8) is 0 Å². The zero-order chi connectivity index (χ0) is 15.9. The van der Waals surface area contributed by atoms with Crippen molar-refractivity contribution in [2.45, 2.75) is 59.6 Å². The first-order valence-corrected chi connectivity index (χ1v) is 7.54. The molecular formula is C16H31NO3. The summed E-state index contributed by atoms with van der Waals surface area (Å²) in [6, 6.07) is -0.0658. The van der Waals surface area contributed by atoms with E-state index in [2.05, 4.69) is 13.8 Å². The lowest BCUT2D eigenvalue weighted by Crippen LogP contribution is -2.51. The number of carbonyl (C=O) groups excluding carboxylic acids is 2. The Morgan fingerprint density at radius 3 is 2.15 bits per heavy atom. The number of likely N-dealkylation sites (N-methyl/N-ethyl adjacent to an activating group) is 1. The molecule has 0 saturated heterocycles. The predicted molar refractivity (Wildman–Crippen MR) is 81.5 cm³/mol. The number of rotatable bonds is 9. The normalized spacial score (nSPS) is 17.4.